The van der Waals surface area contributed by atoms with E-state index in [1.807, 2.05) is 38.1 Å². The lowest BCUT2D eigenvalue weighted by molar-refractivity contribution is 0.494. The molecule has 0 fully saturated rings. The summed E-state index contributed by atoms with van der Waals surface area (Å²) >= 11 is 0. The van der Waals surface area contributed by atoms with Crippen LogP contribution in [0.15, 0.2) is 28.7 Å². The molecular weight excluding hydrogens is 290 g/mol. The lowest BCUT2D eigenvalue weighted by atomic mass is 10.1. The van der Waals surface area contributed by atoms with Crippen molar-refractivity contribution in [2.45, 2.75) is 33.2 Å². The number of benzene rings is 1. The van der Waals surface area contributed by atoms with Crippen LogP contribution in [-0.2, 0) is 16.6 Å². The average molecular weight is 309 g/mol. The van der Waals surface area contributed by atoms with Gasteiger partial charge in [0.15, 0.2) is 0 Å². The molecule has 6 nitrogen and oxygen atoms in total. The first-order valence-corrected chi connectivity index (χ1v) is 8.52. The minimum absolute atomic E-state index is 0.0188. The fourth-order valence-electron chi connectivity index (χ4n) is 1.72. The molecule has 2 aromatic rings. The molecule has 0 saturated carbocycles. The van der Waals surface area contributed by atoms with Crippen LogP contribution in [0.1, 0.15) is 31.2 Å². The molecule has 1 aromatic heterocycles. The Bertz CT molecular complexity index is 678. The smallest absolute Gasteiger partial charge is 0.247 e. The molecule has 0 aliphatic carbocycles. The van der Waals surface area contributed by atoms with Crippen molar-refractivity contribution in [2.75, 3.05) is 5.75 Å². The zero-order valence-electron chi connectivity index (χ0n) is 12.2. The molecule has 0 radical (unpaired) electrons. The maximum absolute atomic E-state index is 11.7. The van der Waals surface area contributed by atoms with Gasteiger partial charge in [0.05, 0.1) is 12.3 Å². The molecule has 0 aliphatic rings. The third kappa shape index (κ3) is 4.64. The van der Waals surface area contributed by atoms with E-state index in [1.165, 1.54) is 0 Å². The zero-order valence-corrected chi connectivity index (χ0v) is 13.0. The van der Waals surface area contributed by atoms with Gasteiger partial charge in [-0.15, -0.1) is 10.2 Å². The normalized spacial score (nSPS) is 11.7. The maximum atomic E-state index is 11.7. The summed E-state index contributed by atoms with van der Waals surface area (Å²) in [6.07, 6.45) is 1.47. The van der Waals surface area contributed by atoms with Crippen LogP contribution >= 0.6 is 0 Å². The molecule has 21 heavy (non-hydrogen) atoms. The van der Waals surface area contributed by atoms with Crippen molar-refractivity contribution < 1.29 is 12.8 Å². The van der Waals surface area contributed by atoms with Crippen LogP contribution in [0.2, 0.25) is 0 Å². The van der Waals surface area contributed by atoms with Crippen LogP contribution < -0.4 is 4.72 Å². The minimum Gasteiger partial charge on any atom is -0.419 e. The van der Waals surface area contributed by atoms with Crippen LogP contribution in [0.5, 0.6) is 0 Å². The van der Waals surface area contributed by atoms with Crippen molar-refractivity contribution in [3.63, 3.8) is 0 Å². The number of aromatic nitrogens is 2. The second-order valence-electron chi connectivity index (χ2n) is 4.86. The number of sulfonamides is 1. The van der Waals surface area contributed by atoms with Crippen LogP contribution in [0, 0.1) is 6.92 Å². The number of nitrogens with zero attached hydrogens (tertiary/aromatic N) is 2. The van der Waals surface area contributed by atoms with Gasteiger partial charge in [-0.05, 0) is 25.5 Å². The van der Waals surface area contributed by atoms with Gasteiger partial charge in [0.25, 0.3) is 0 Å². The van der Waals surface area contributed by atoms with Crippen LogP contribution in [0.3, 0.4) is 0 Å². The molecule has 0 atom stereocenters. The van der Waals surface area contributed by atoms with E-state index in [2.05, 4.69) is 14.9 Å². The summed E-state index contributed by atoms with van der Waals surface area (Å²) in [5, 5.41) is 7.78. The number of hydrogen-bond acceptors (Lipinski definition) is 5. The zero-order chi connectivity index (χ0) is 15.3. The molecule has 0 unspecified atom stereocenters. The lowest BCUT2D eigenvalue weighted by Crippen LogP contribution is -2.26. The molecule has 0 saturated heterocycles. The van der Waals surface area contributed by atoms with Crippen LogP contribution in [0.4, 0.5) is 0 Å². The van der Waals surface area contributed by atoms with E-state index in [0.29, 0.717) is 12.3 Å². The summed E-state index contributed by atoms with van der Waals surface area (Å²) in [6.45, 7) is 3.96. The number of hydrogen-bond donors (Lipinski definition) is 1. The van der Waals surface area contributed by atoms with E-state index in [9.17, 15) is 8.42 Å². The summed E-state index contributed by atoms with van der Waals surface area (Å²) in [5.74, 6) is 0.756. The number of rotatable bonds is 7. The van der Waals surface area contributed by atoms with Crippen LogP contribution in [0.25, 0.3) is 11.5 Å². The Hall–Kier alpha value is -1.73. The van der Waals surface area contributed by atoms with Gasteiger partial charge in [0.2, 0.25) is 21.8 Å². The minimum atomic E-state index is -3.28. The molecule has 0 amide bonds. The monoisotopic (exact) mass is 309 g/mol. The molecule has 0 spiro atoms. The fraction of sp³-hybridized carbons (Fsp3) is 0.429. The summed E-state index contributed by atoms with van der Waals surface area (Å²) in [6, 6.07) is 7.68. The van der Waals surface area contributed by atoms with Gasteiger partial charge in [0.1, 0.15) is 0 Å². The van der Waals surface area contributed by atoms with E-state index in [4.69, 9.17) is 4.42 Å². The Morgan fingerprint density at radius 1 is 1.19 bits per heavy atom. The Kier molecular flexibility index (Phi) is 5.08. The molecule has 1 aromatic carbocycles. The summed E-state index contributed by atoms with van der Waals surface area (Å²) < 4.78 is 31.3. The Morgan fingerprint density at radius 3 is 2.57 bits per heavy atom. The van der Waals surface area contributed by atoms with Crippen molar-refractivity contribution >= 4 is 10.0 Å². The number of aryl methyl sites for hydroxylation is 1. The molecule has 7 heteroatoms. The summed E-state index contributed by atoms with van der Waals surface area (Å²) in [5.41, 5.74) is 1.95. The number of nitrogens with one attached hydrogen (secondary N) is 1. The van der Waals surface area contributed by atoms with E-state index in [-0.39, 0.29) is 18.2 Å². The molecule has 0 bridgehead atoms. The van der Waals surface area contributed by atoms with Gasteiger partial charge in [0, 0.05) is 5.56 Å². The van der Waals surface area contributed by atoms with Gasteiger partial charge in [-0.3, -0.25) is 0 Å². The van der Waals surface area contributed by atoms with Crippen molar-refractivity contribution in [2.24, 2.45) is 0 Å². The van der Waals surface area contributed by atoms with Gasteiger partial charge < -0.3 is 4.42 Å². The van der Waals surface area contributed by atoms with Crippen LogP contribution in [-0.4, -0.2) is 24.4 Å². The summed E-state index contributed by atoms with van der Waals surface area (Å²) in [7, 11) is -3.28. The highest BCUT2D eigenvalue weighted by Crippen LogP contribution is 2.18. The highest BCUT2D eigenvalue weighted by atomic mass is 32.2. The Morgan fingerprint density at radius 2 is 1.90 bits per heavy atom. The van der Waals surface area contributed by atoms with E-state index >= 15 is 0 Å². The van der Waals surface area contributed by atoms with Crippen molar-refractivity contribution in [1.82, 2.24) is 14.9 Å². The highest BCUT2D eigenvalue weighted by Gasteiger charge is 2.13. The fourth-order valence-corrected chi connectivity index (χ4v) is 2.87. The second kappa shape index (κ2) is 6.82. The summed E-state index contributed by atoms with van der Waals surface area (Å²) in [4.78, 5) is 0. The third-order valence-electron chi connectivity index (χ3n) is 2.98. The van der Waals surface area contributed by atoms with Gasteiger partial charge >= 0.3 is 0 Å². The Labute approximate surface area is 124 Å². The molecular formula is C14H19N3O3S. The first-order chi connectivity index (χ1) is 10.00. The number of unbranched alkanes of at least 4 members (excludes halogenated alkanes) is 1. The van der Waals surface area contributed by atoms with E-state index in [1.54, 1.807) is 0 Å². The van der Waals surface area contributed by atoms with E-state index in [0.717, 1.165) is 17.5 Å². The maximum Gasteiger partial charge on any atom is 0.247 e. The van der Waals surface area contributed by atoms with E-state index < -0.39 is 10.0 Å². The van der Waals surface area contributed by atoms with Crippen molar-refractivity contribution in [1.29, 1.82) is 0 Å². The largest absolute Gasteiger partial charge is 0.419 e. The molecule has 0 aliphatic heterocycles. The quantitative estimate of drug-likeness (QED) is 0.848. The lowest BCUT2D eigenvalue weighted by Gasteiger charge is -2.02. The first kappa shape index (κ1) is 15.7. The molecule has 114 valence electrons. The molecule has 2 rings (SSSR count). The standard InChI is InChI=1S/C14H19N3O3S/c1-3-4-9-21(18,19)15-10-13-16-17-14(20-13)12-7-5-11(2)6-8-12/h5-8,15H,3-4,9-10H2,1-2H3. The Balaban J connectivity index is 1.99. The molecule has 1 heterocycles. The predicted molar refractivity (Wildman–Crippen MR) is 80.0 cm³/mol. The van der Waals surface area contributed by atoms with Crippen molar-refractivity contribution in [3.8, 4) is 11.5 Å². The topological polar surface area (TPSA) is 85.1 Å². The predicted octanol–water partition coefficient (Wildman–Crippen LogP) is 2.26. The first-order valence-electron chi connectivity index (χ1n) is 6.87. The average Bonchev–Trinajstić information content (AvgIpc) is 2.93. The SMILES string of the molecule is CCCCS(=O)(=O)NCc1nnc(-c2ccc(C)cc2)o1. The third-order valence-corrected chi connectivity index (χ3v) is 4.39. The van der Waals surface area contributed by atoms with Gasteiger partial charge in [-0.2, -0.15) is 0 Å². The van der Waals surface area contributed by atoms with Gasteiger partial charge in [-0.25, -0.2) is 13.1 Å². The highest BCUT2D eigenvalue weighted by molar-refractivity contribution is 7.89. The second-order valence-corrected chi connectivity index (χ2v) is 6.79. The van der Waals surface area contributed by atoms with Crippen molar-refractivity contribution in [3.05, 3.63) is 35.7 Å². The molecule has 1 N–H and O–H groups in total. The van der Waals surface area contributed by atoms with Gasteiger partial charge in [-0.1, -0.05) is 31.0 Å².